The van der Waals surface area contributed by atoms with Crippen molar-refractivity contribution in [1.82, 2.24) is 4.57 Å². The van der Waals surface area contributed by atoms with Crippen LogP contribution in [0.15, 0.2) is 17.1 Å². The molecule has 1 aliphatic rings. The summed E-state index contributed by atoms with van der Waals surface area (Å²) in [7, 11) is 0. The molecular formula is C13H15ClN2O. The van der Waals surface area contributed by atoms with Crippen LogP contribution in [0.25, 0.3) is 0 Å². The molecule has 1 aliphatic carbocycles. The van der Waals surface area contributed by atoms with Crippen molar-refractivity contribution >= 4 is 11.6 Å². The first kappa shape index (κ1) is 12.2. The van der Waals surface area contributed by atoms with Gasteiger partial charge in [-0.3, -0.25) is 4.79 Å². The largest absolute Gasteiger partial charge is 0.310 e. The number of pyridine rings is 1. The molecule has 1 aromatic rings. The summed E-state index contributed by atoms with van der Waals surface area (Å²) in [6.07, 6.45) is 6.14. The summed E-state index contributed by atoms with van der Waals surface area (Å²) in [5.74, 6) is 0.464. The van der Waals surface area contributed by atoms with Crippen LogP contribution in [-0.4, -0.2) is 4.57 Å². The molecule has 0 amide bonds. The van der Waals surface area contributed by atoms with E-state index in [1.165, 1.54) is 12.5 Å². The monoisotopic (exact) mass is 250 g/mol. The molecule has 0 bridgehead atoms. The van der Waals surface area contributed by atoms with Gasteiger partial charge >= 0.3 is 0 Å². The van der Waals surface area contributed by atoms with E-state index < -0.39 is 0 Å². The van der Waals surface area contributed by atoms with E-state index >= 15 is 0 Å². The van der Waals surface area contributed by atoms with E-state index in [-0.39, 0.29) is 17.2 Å². The normalized spacial score (nSPS) is 24.3. The molecule has 3 nitrogen and oxygen atoms in total. The van der Waals surface area contributed by atoms with Crippen LogP contribution in [-0.2, 0) is 0 Å². The van der Waals surface area contributed by atoms with Gasteiger partial charge in [-0.15, -0.1) is 0 Å². The Balaban J connectivity index is 2.48. The number of aromatic nitrogens is 1. The Morgan fingerprint density at radius 1 is 1.47 bits per heavy atom. The summed E-state index contributed by atoms with van der Waals surface area (Å²) in [6.45, 7) is 2.16. The van der Waals surface area contributed by atoms with Gasteiger partial charge in [0.25, 0.3) is 5.56 Å². The van der Waals surface area contributed by atoms with Gasteiger partial charge < -0.3 is 4.57 Å². The van der Waals surface area contributed by atoms with Gasteiger partial charge in [-0.2, -0.15) is 5.26 Å². The minimum Gasteiger partial charge on any atom is -0.310 e. The van der Waals surface area contributed by atoms with Crippen molar-refractivity contribution in [3.63, 3.8) is 0 Å². The molecule has 1 aromatic heterocycles. The van der Waals surface area contributed by atoms with Crippen LogP contribution in [0.5, 0.6) is 0 Å². The van der Waals surface area contributed by atoms with Crippen molar-refractivity contribution in [2.45, 2.75) is 38.6 Å². The fraction of sp³-hybridized carbons (Fsp3) is 0.538. The molecule has 2 unspecified atom stereocenters. The third-order valence-electron chi connectivity index (χ3n) is 3.55. The predicted molar refractivity (Wildman–Crippen MR) is 67.1 cm³/mol. The van der Waals surface area contributed by atoms with E-state index in [4.69, 9.17) is 16.9 Å². The molecule has 4 heteroatoms. The number of nitrogens with zero attached hydrogens (tertiary/aromatic N) is 2. The topological polar surface area (TPSA) is 45.8 Å². The molecular weight excluding hydrogens is 236 g/mol. The lowest BCUT2D eigenvalue weighted by Gasteiger charge is -2.30. The summed E-state index contributed by atoms with van der Waals surface area (Å²) in [5, 5.41) is 9.37. The molecule has 0 aliphatic heterocycles. The number of hydrogen-bond acceptors (Lipinski definition) is 2. The minimum absolute atomic E-state index is 0.135. The summed E-state index contributed by atoms with van der Waals surface area (Å²) >= 11 is 5.96. The van der Waals surface area contributed by atoms with E-state index in [1.54, 1.807) is 10.8 Å². The van der Waals surface area contributed by atoms with Crippen LogP contribution >= 0.6 is 11.6 Å². The Morgan fingerprint density at radius 2 is 2.18 bits per heavy atom. The maximum Gasteiger partial charge on any atom is 0.268 e. The first-order valence-electron chi connectivity index (χ1n) is 5.95. The molecule has 0 radical (unpaired) electrons. The summed E-state index contributed by atoms with van der Waals surface area (Å²) in [5.41, 5.74) is -0.0778. The fourth-order valence-electron chi connectivity index (χ4n) is 2.60. The zero-order chi connectivity index (χ0) is 12.4. The first-order chi connectivity index (χ1) is 8.13. The number of hydrogen-bond donors (Lipinski definition) is 0. The molecule has 1 heterocycles. The second kappa shape index (κ2) is 4.93. The lowest BCUT2D eigenvalue weighted by Crippen LogP contribution is -2.31. The molecule has 90 valence electrons. The Labute approximate surface area is 106 Å². The van der Waals surface area contributed by atoms with E-state index in [0.717, 1.165) is 19.3 Å². The maximum absolute atomic E-state index is 12.1. The Bertz CT molecular complexity index is 515. The van der Waals surface area contributed by atoms with Crippen LogP contribution in [0.3, 0.4) is 0 Å². The van der Waals surface area contributed by atoms with Gasteiger partial charge in [-0.25, -0.2) is 0 Å². The lowest BCUT2D eigenvalue weighted by molar-refractivity contribution is 0.252. The highest BCUT2D eigenvalue weighted by atomic mass is 35.5. The van der Waals surface area contributed by atoms with Crippen LogP contribution in [0.4, 0.5) is 0 Å². The van der Waals surface area contributed by atoms with Crippen molar-refractivity contribution in [2.75, 3.05) is 0 Å². The third kappa shape index (κ3) is 2.37. The number of rotatable bonds is 1. The van der Waals surface area contributed by atoms with E-state index in [2.05, 4.69) is 6.92 Å². The molecule has 17 heavy (non-hydrogen) atoms. The zero-order valence-corrected chi connectivity index (χ0v) is 10.6. The fourth-order valence-corrected chi connectivity index (χ4v) is 2.82. The molecule has 0 saturated heterocycles. The van der Waals surface area contributed by atoms with Gasteiger partial charge in [0, 0.05) is 12.2 Å². The SMILES string of the molecule is CC1CCCCC1n1cc(Cl)cc(C#N)c1=O. The molecule has 0 N–H and O–H groups in total. The van der Waals surface area contributed by atoms with Crippen LogP contribution in [0.2, 0.25) is 5.02 Å². The Kier molecular flexibility index (Phi) is 3.54. The highest BCUT2D eigenvalue weighted by Crippen LogP contribution is 2.33. The summed E-state index contributed by atoms with van der Waals surface area (Å²) in [6, 6.07) is 3.53. The zero-order valence-electron chi connectivity index (χ0n) is 9.82. The van der Waals surface area contributed by atoms with Gasteiger partial charge in [0.15, 0.2) is 0 Å². The molecule has 1 fully saturated rings. The smallest absolute Gasteiger partial charge is 0.268 e. The summed E-state index contributed by atoms with van der Waals surface area (Å²) < 4.78 is 1.66. The highest BCUT2D eigenvalue weighted by molar-refractivity contribution is 6.30. The van der Waals surface area contributed by atoms with Crippen molar-refractivity contribution in [3.05, 3.63) is 33.2 Å². The van der Waals surface area contributed by atoms with E-state index in [1.807, 2.05) is 6.07 Å². The average molecular weight is 251 g/mol. The van der Waals surface area contributed by atoms with Gasteiger partial charge in [-0.1, -0.05) is 31.4 Å². The first-order valence-corrected chi connectivity index (χ1v) is 6.33. The molecule has 0 spiro atoms. The van der Waals surface area contributed by atoms with Crippen molar-refractivity contribution in [2.24, 2.45) is 5.92 Å². The molecule has 0 aromatic carbocycles. The molecule has 1 saturated carbocycles. The van der Waals surface area contributed by atoms with Gasteiger partial charge in [0.05, 0.1) is 5.02 Å². The van der Waals surface area contributed by atoms with Crippen molar-refractivity contribution in [1.29, 1.82) is 5.26 Å². The standard InChI is InChI=1S/C13H15ClN2O/c1-9-4-2-3-5-12(9)16-8-11(14)6-10(7-15)13(16)17/h6,8-9,12H,2-5H2,1H3. The Hall–Kier alpha value is -1.27. The average Bonchev–Trinajstić information content (AvgIpc) is 2.32. The third-order valence-corrected chi connectivity index (χ3v) is 3.76. The van der Waals surface area contributed by atoms with Crippen molar-refractivity contribution < 1.29 is 0 Å². The predicted octanol–water partition coefficient (Wildman–Crippen LogP) is 3.12. The number of nitriles is 1. The Morgan fingerprint density at radius 3 is 2.82 bits per heavy atom. The minimum atomic E-state index is -0.212. The van der Waals surface area contributed by atoms with Gasteiger partial charge in [0.2, 0.25) is 0 Å². The quantitative estimate of drug-likeness (QED) is 0.769. The van der Waals surface area contributed by atoms with Crippen LogP contribution < -0.4 is 5.56 Å². The van der Waals surface area contributed by atoms with E-state index in [9.17, 15) is 4.79 Å². The summed E-state index contributed by atoms with van der Waals surface area (Å²) in [4.78, 5) is 12.1. The number of halogens is 1. The molecule has 2 atom stereocenters. The lowest BCUT2D eigenvalue weighted by atomic mass is 9.85. The second-order valence-electron chi connectivity index (χ2n) is 4.73. The second-order valence-corrected chi connectivity index (χ2v) is 5.16. The van der Waals surface area contributed by atoms with Crippen molar-refractivity contribution in [3.8, 4) is 6.07 Å². The highest BCUT2D eigenvalue weighted by Gasteiger charge is 2.24. The van der Waals surface area contributed by atoms with Crippen LogP contribution in [0.1, 0.15) is 44.2 Å². The maximum atomic E-state index is 12.1. The van der Waals surface area contributed by atoms with E-state index in [0.29, 0.717) is 10.9 Å². The van der Waals surface area contributed by atoms with Crippen LogP contribution in [0, 0.1) is 17.2 Å². The molecule has 2 rings (SSSR count). The van der Waals surface area contributed by atoms with Gasteiger partial charge in [-0.05, 0) is 24.8 Å². The van der Waals surface area contributed by atoms with Gasteiger partial charge in [0.1, 0.15) is 11.6 Å².